The first-order valence-electron chi connectivity index (χ1n) is 5.04. The summed E-state index contributed by atoms with van der Waals surface area (Å²) in [6.45, 7) is 17.6. The quantitative estimate of drug-likeness (QED) is 0.606. The third kappa shape index (κ3) is 1.48. The second kappa shape index (κ2) is 3.94. The van der Waals surface area contributed by atoms with Crippen LogP contribution in [0.3, 0.4) is 0 Å². The van der Waals surface area contributed by atoms with Crippen molar-refractivity contribution in [2.75, 3.05) is 0 Å². The van der Waals surface area contributed by atoms with E-state index < -0.39 is 0 Å². The van der Waals surface area contributed by atoms with Gasteiger partial charge in [0, 0.05) is 0 Å². The van der Waals surface area contributed by atoms with Crippen LogP contribution in [-0.2, 0) is 0 Å². The molecule has 0 fully saturated rings. The average molecular weight is 196 g/mol. The number of hydrogen-bond acceptors (Lipinski definition) is 0. The van der Waals surface area contributed by atoms with Gasteiger partial charge in [-0.3, -0.25) is 0 Å². The topological polar surface area (TPSA) is 0 Å². The molecule has 0 nitrogen and oxygen atoms in total. The van der Waals surface area contributed by atoms with E-state index in [4.69, 9.17) is 0 Å². The lowest BCUT2D eigenvalue weighted by Gasteiger charge is -2.23. The monoisotopic (exact) mass is 196 g/mol. The van der Waals surface area contributed by atoms with E-state index in [1.54, 1.807) is 0 Å². The van der Waals surface area contributed by atoms with Gasteiger partial charge in [0.25, 0.3) is 0 Å². The Balaban J connectivity index is 3.58. The average Bonchev–Trinajstić information content (AvgIpc) is 2.43. The Morgan fingerprint density at radius 3 is 1.40 bits per heavy atom. The zero-order valence-corrected chi connectivity index (χ0v) is 9.64. The van der Waals surface area contributed by atoms with Gasteiger partial charge >= 0.3 is 0 Å². The van der Waals surface area contributed by atoms with Gasteiger partial charge in [-0.15, -0.1) is 0 Å². The third-order valence-corrected chi connectivity index (χ3v) is 3.03. The van der Waals surface area contributed by atoms with Crippen LogP contribution in [0.4, 0.5) is 0 Å². The molecule has 0 heterocycles. The summed E-state index contributed by atoms with van der Waals surface area (Å²) >= 11 is 0. The van der Waals surface area contributed by atoms with Crippen molar-refractivity contribution in [1.82, 2.24) is 0 Å². The molecule has 0 saturated heterocycles. The predicted molar refractivity (Wildman–Crippen MR) is 71.8 cm³/mol. The van der Waals surface area contributed by atoms with Crippen molar-refractivity contribution < 1.29 is 0 Å². The fourth-order valence-electron chi connectivity index (χ4n) is 2.28. The minimum atomic E-state index is -0.0451. The summed E-state index contributed by atoms with van der Waals surface area (Å²) in [5, 5.41) is -0.0451. The summed E-state index contributed by atoms with van der Waals surface area (Å²) in [5.74, 6) is 0. The van der Waals surface area contributed by atoms with E-state index >= 15 is 0 Å². The lowest BCUT2D eigenvalue weighted by Crippen LogP contribution is -2.09. The molecular weight excluding hydrogens is 179 g/mol. The molecule has 0 saturated carbocycles. The van der Waals surface area contributed by atoms with Crippen LogP contribution in [-0.4, -0.2) is 7.85 Å². The van der Waals surface area contributed by atoms with Crippen LogP contribution < -0.4 is 0 Å². The Morgan fingerprint density at radius 2 is 1.20 bits per heavy atom. The van der Waals surface area contributed by atoms with Crippen molar-refractivity contribution in [3.63, 3.8) is 0 Å². The first-order chi connectivity index (χ1) is 7.04. The highest BCUT2D eigenvalue weighted by atomic mass is 14.3. The Hall–Kier alpha value is -1.50. The maximum Gasteiger partial charge on any atom is 0.120 e. The Labute approximate surface area is 93.5 Å². The van der Waals surface area contributed by atoms with Gasteiger partial charge in [0.1, 0.15) is 7.85 Å². The predicted octanol–water partition coefficient (Wildman–Crippen LogP) is 3.15. The number of allylic oxidation sites excluding steroid dienone is 8. The van der Waals surface area contributed by atoms with Crippen LogP contribution in [0.25, 0.3) is 0 Å². The molecule has 76 valence electrons. The van der Waals surface area contributed by atoms with Gasteiger partial charge in [0.15, 0.2) is 0 Å². The summed E-state index contributed by atoms with van der Waals surface area (Å²) in [6.07, 6.45) is 7.53. The highest BCUT2D eigenvalue weighted by Gasteiger charge is 2.34. The minimum Gasteiger partial charge on any atom is -0.0988 e. The fourth-order valence-corrected chi connectivity index (χ4v) is 2.28. The fraction of sp³-hybridized carbons (Fsp3) is 0.143. The van der Waals surface area contributed by atoms with Crippen LogP contribution in [0.5, 0.6) is 0 Å². The van der Waals surface area contributed by atoms with E-state index in [0.29, 0.717) is 0 Å². The lowest BCUT2D eigenvalue weighted by molar-refractivity contribution is 0.894. The zero-order chi connectivity index (χ0) is 11.6. The smallest absolute Gasteiger partial charge is 0.0988 e. The molecule has 0 N–H and O–H groups in total. The van der Waals surface area contributed by atoms with Gasteiger partial charge in [-0.1, -0.05) is 57.5 Å². The molecular formula is C14H17B. The van der Waals surface area contributed by atoms with Gasteiger partial charge in [0.05, 0.1) is 0 Å². The molecule has 0 amide bonds. The molecule has 0 atom stereocenters. The molecule has 0 aromatic heterocycles. The largest absolute Gasteiger partial charge is 0.120 e. The van der Waals surface area contributed by atoms with E-state index in [2.05, 4.69) is 41.1 Å². The summed E-state index contributed by atoms with van der Waals surface area (Å²) in [6, 6.07) is 0. The number of rotatable bonds is 4. The van der Waals surface area contributed by atoms with E-state index in [-0.39, 0.29) is 5.31 Å². The normalized spacial score (nSPS) is 19.0. The van der Waals surface area contributed by atoms with E-state index in [1.807, 2.05) is 24.3 Å². The standard InChI is InChI=1S/C14H17B/c1-6-10-11(7-2)13(9-4)14(5,15)12(10)8-3/h6-9H,1-4,15H2,5H3. The minimum absolute atomic E-state index is 0.0451. The third-order valence-electron chi connectivity index (χ3n) is 3.03. The van der Waals surface area contributed by atoms with Gasteiger partial charge in [-0.2, -0.15) is 0 Å². The maximum absolute atomic E-state index is 3.87. The lowest BCUT2D eigenvalue weighted by atomic mass is 9.62. The molecule has 0 aliphatic heterocycles. The summed E-state index contributed by atoms with van der Waals surface area (Å²) in [5.41, 5.74) is 4.64. The first-order valence-corrected chi connectivity index (χ1v) is 5.04. The molecule has 15 heavy (non-hydrogen) atoms. The SMILES string of the molecule is BC1(C)C(C=C)=C(C=C)C(C=C)=C1C=C. The van der Waals surface area contributed by atoms with Crippen LogP contribution in [0.15, 0.2) is 72.9 Å². The van der Waals surface area contributed by atoms with Crippen LogP contribution in [0, 0.1) is 0 Å². The molecule has 0 spiro atoms. The molecule has 1 aliphatic rings. The molecule has 0 unspecified atom stereocenters. The van der Waals surface area contributed by atoms with Gasteiger partial charge in [0.2, 0.25) is 0 Å². The molecule has 0 aromatic rings. The molecule has 0 radical (unpaired) electrons. The molecule has 0 aromatic carbocycles. The highest BCUT2D eigenvalue weighted by molar-refractivity contribution is 6.21. The molecule has 1 rings (SSSR count). The Morgan fingerprint density at radius 1 is 0.867 bits per heavy atom. The van der Waals surface area contributed by atoms with Crippen LogP contribution in [0.1, 0.15) is 6.92 Å². The van der Waals surface area contributed by atoms with Crippen molar-refractivity contribution in [2.45, 2.75) is 12.2 Å². The van der Waals surface area contributed by atoms with Crippen molar-refractivity contribution in [3.8, 4) is 0 Å². The Kier molecular flexibility index (Phi) is 3.04. The van der Waals surface area contributed by atoms with Crippen LogP contribution in [0.2, 0.25) is 5.31 Å². The molecule has 0 bridgehead atoms. The summed E-state index contributed by atoms with van der Waals surface area (Å²) in [4.78, 5) is 0. The van der Waals surface area contributed by atoms with Gasteiger partial charge in [-0.25, -0.2) is 0 Å². The van der Waals surface area contributed by atoms with E-state index in [1.165, 1.54) is 11.1 Å². The summed E-state index contributed by atoms with van der Waals surface area (Å²) in [7, 11) is 2.17. The molecule has 1 heteroatoms. The van der Waals surface area contributed by atoms with Crippen molar-refractivity contribution in [3.05, 3.63) is 72.9 Å². The van der Waals surface area contributed by atoms with Crippen molar-refractivity contribution in [2.24, 2.45) is 0 Å². The van der Waals surface area contributed by atoms with E-state index in [0.717, 1.165) is 11.1 Å². The van der Waals surface area contributed by atoms with Crippen molar-refractivity contribution in [1.29, 1.82) is 0 Å². The van der Waals surface area contributed by atoms with Gasteiger partial charge < -0.3 is 0 Å². The zero-order valence-electron chi connectivity index (χ0n) is 9.64. The van der Waals surface area contributed by atoms with Crippen molar-refractivity contribution >= 4 is 7.85 Å². The number of hydrogen-bond donors (Lipinski definition) is 0. The van der Waals surface area contributed by atoms with Gasteiger partial charge in [-0.05, 0) is 27.6 Å². The maximum atomic E-state index is 3.87. The van der Waals surface area contributed by atoms with E-state index in [9.17, 15) is 0 Å². The summed E-state index contributed by atoms with van der Waals surface area (Å²) < 4.78 is 0. The Bertz CT molecular complexity index is 365. The van der Waals surface area contributed by atoms with Crippen LogP contribution >= 0.6 is 0 Å². The second-order valence-electron chi connectivity index (χ2n) is 4.10. The second-order valence-corrected chi connectivity index (χ2v) is 4.10. The molecule has 1 aliphatic carbocycles. The highest BCUT2D eigenvalue weighted by Crippen LogP contribution is 2.51. The first kappa shape index (κ1) is 11.6.